The molecule has 1 aliphatic heterocycles. The third-order valence-corrected chi connectivity index (χ3v) is 4.27. The molecule has 0 saturated carbocycles. The average molecular weight is 354 g/mol. The fourth-order valence-corrected chi connectivity index (χ4v) is 3.24. The molecule has 0 amide bonds. The number of para-hydroxylation sites is 2. The number of ether oxygens (including phenoxy) is 2. The van der Waals surface area contributed by atoms with E-state index in [4.69, 9.17) is 9.47 Å². The summed E-state index contributed by atoms with van der Waals surface area (Å²) in [7, 11) is 0. The van der Waals surface area contributed by atoms with Gasteiger partial charge in [-0.15, -0.1) is 12.4 Å². The number of nitrogens with zero attached hydrogens (tertiary/aromatic N) is 1. The van der Waals surface area contributed by atoms with Crippen LogP contribution in [0.15, 0.2) is 73.1 Å². The van der Waals surface area contributed by atoms with Gasteiger partial charge in [0, 0.05) is 23.5 Å². The summed E-state index contributed by atoms with van der Waals surface area (Å²) in [5.74, 6) is 1.43. The van der Waals surface area contributed by atoms with Crippen molar-refractivity contribution in [3.05, 3.63) is 89.7 Å². The molecule has 0 saturated heterocycles. The normalized spacial score (nSPS) is 13.4. The van der Waals surface area contributed by atoms with Crippen LogP contribution in [0, 0.1) is 0 Å². The second-order valence-corrected chi connectivity index (χ2v) is 5.59. The summed E-state index contributed by atoms with van der Waals surface area (Å²) in [6.45, 7) is 0.506. The number of halogens is 1. The average Bonchev–Trinajstić information content (AvgIpc) is 2.65. The summed E-state index contributed by atoms with van der Waals surface area (Å²) in [6, 6.07) is 19.4. The van der Waals surface area contributed by atoms with Crippen molar-refractivity contribution in [2.24, 2.45) is 0 Å². The molecule has 5 heteroatoms. The lowest BCUT2D eigenvalue weighted by Crippen LogP contribution is -2.19. The lowest BCUT2D eigenvalue weighted by Gasteiger charge is -2.32. The zero-order valence-corrected chi connectivity index (χ0v) is 14.1. The molecular formula is C20H16ClNO3. The smallest absolute Gasteiger partial charge is 0.293 e. The molecule has 4 rings (SSSR count). The van der Waals surface area contributed by atoms with E-state index in [1.165, 1.54) is 0 Å². The van der Waals surface area contributed by atoms with Gasteiger partial charge in [-0.1, -0.05) is 36.4 Å². The zero-order chi connectivity index (χ0) is 16.4. The first kappa shape index (κ1) is 17.0. The van der Waals surface area contributed by atoms with Crippen molar-refractivity contribution in [2.75, 3.05) is 0 Å². The summed E-state index contributed by atoms with van der Waals surface area (Å²) in [5, 5.41) is 0. The zero-order valence-electron chi connectivity index (χ0n) is 13.2. The molecule has 4 nitrogen and oxygen atoms in total. The Kier molecular flexibility index (Phi) is 5.00. The van der Waals surface area contributed by atoms with Gasteiger partial charge in [-0.25, -0.2) is 0 Å². The summed E-state index contributed by atoms with van der Waals surface area (Å²) in [4.78, 5) is 15.2. The highest BCUT2D eigenvalue weighted by atomic mass is 35.5. The fraction of sp³-hybridized carbons (Fsp3) is 0.100. The predicted molar refractivity (Wildman–Crippen MR) is 96.2 cm³/mol. The van der Waals surface area contributed by atoms with Gasteiger partial charge in [0.25, 0.3) is 6.47 Å². The first-order valence-electron chi connectivity index (χ1n) is 7.73. The van der Waals surface area contributed by atoms with Gasteiger partial charge >= 0.3 is 0 Å². The molecule has 0 fully saturated rings. The van der Waals surface area contributed by atoms with E-state index in [2.05, 4.69) is 4.98 Å². The molecule has 2 heterocycles. The van der Waals surface area contributed by atoms with Gasteiger partial charge in [0.2, 0.25) is 0 Å². The predicted octanol–water partition coefficient (Wildman–Crippen LogP) is 4.66. The molecule has 1 unspecified atom stereocenters. The van der Waals surface area contributed by atoms with Gasteiger partial charge < -0.3 is 9.47 Å². The molecule has 1 aromatic heterocycles. The van der Waals surface area contributed by atoms with Gasteiger partial charge in [0.1, 0.15) is 17.6 Å². The Bertz CT molecular complexity index is 824. The number of hydrogen-bond acceptors (Lipinski definition) is 4. The molecule has 1 aliphatic rings. The molecule has 0 spiro atoms. The van der Waals surface area contributed by atoms with E-state index in [1.54, 1.807) is 12.4 Å². The second kappa shape index (κ2) is 7.36. The minimum Gasteiger partial charge on any atom is -0.459 e. The number of pyridine rings is 1. The third kappa shape index (κ3) is 3.08. The summed E-state index contributed by atoms with van der Waals surface area (Å²) in [5.41, 5.74) is 2.90. The first-order chi connectivity index (χ1) is 11.9. The molecule has 0 aliphatic carbocycles. The Labute approximate surface area is 151 Å². The second-order valence-electron chi connectivity index (χ2n) is 5.59. The van der Waals surface area contributed by atoms with Crippen molar-refractivity contribution in [1.29, 1.82) is 0 Å². The van der Waals surface area contributed by atoms with Crippen molar-refractivity contribution < 1.29 is 14.3 Å². The maximum atomic E-state index is 11.2. The topological polar surface area (TPSA) is 48.4 Å². The number of carbonyl (C=O) groups excluding carboxylic acids is 1. The maximum Gasteiger partial charge on any atom is 0.293 e. The van der Waals surface area contributed by atoms with Gasteiger partial charge in [-0.05, 0) is 29.8 Å². The Morgan fingerprint density at radius 1 is 0.920 bits per heavy atom. The lowest BCUT2D eigenvalue weighted by molar-refractivity contribution is -0.134. The van der Waals surface area contributed by atoms with Crippen LogP contribution in [-0.4, -0.2) is 11.5 Å². The van der Waals surface area contributed by atoms with Crippen LogP contribution in [-0.2, 0) is 9.53 Å². The van der Waals surface area contributed by atoms with E-state index >= 15 is 0 Å². The number of hydrogen-bond donors (Lipinski definition) is 0. The Balaban J connectivity index is 0.00000182. The molecule has 3 aromatic rings. The lowest BCUT2D eigenvalue weighted by atomic mass is 9.81. The molecular weight excluding hydrogens is 338 g/mol. The van der Waals surface area contributed by atoms with Crippen LogP contribution in [0.5, 0.6) is 11.5 Å². The first-order valence-corrected chi connectivity index (χ1v) is 7.73. The van der Waals surface area contributed by atoms with Crippen molar-refractivity contribution in [3.8, 4) is 11.5 Å². The summed E-state index contributed by atoms with van der Waals surface area (Å²) >= 11 is 0. The van der Waals surface area contributed by atoms with E-state index in [9.17, 15) is 4.79 Å². The van der Waals surface area contributed by atoms with Crippen molar-refractivity contribution >= 4 is 18.9 Å². The number of benzene rings is 2. The molecule has 25 heavy (non-hydrogen) atoms. The largest absolute Gasteiger partial charge is 0.459 e. The van der Waals surface area contributed by atoms with Crippen molar-refractivity contribution in [1.82, 2.24) is 4.98 Å². The van der Waals surface area contributed by atoms with Crippen LogP contribution in [0.2, 0.25) is 0 Å². The van der Waals surface area contributed by atoms with Crippen LogP contribution in [0.3, 0.4) is 0 Å². The number of rotatable bonds is 4. The van der Waals surface area contributed by atoms with Gasteiger partial charge in [0.15, 0.2) is 0 Å². The highest BCUT2D eigenvalue weighted by molar-refractivity contribution is 5.85. The number of carbonyl (C=O) groups is 1. The van der Waals surface area contributed by atoms with Gasteiger partial charge in [-0.3, -0.25) is 9.78 Å². The maximum absolute atomic E-state index is 11.2. The van der Waals surface area contributed by atoms with Crippen LogP contribution in [0.1, 0.15) is 28.7 Å². The summed E-state index contributed by atoms with van der Waals surface area (Å²) in [6.07, 6.45) is 2.96. The fourth-order valence-electron chi connectivity index (χ4n) is 3.24. The summed E-state index contributed by atoms with van der Waals surface area (Å²) < 4.78 is 11.5. The molecule has 126 valence electrons. The van der Waals surface area contributed by atoms with Crippen LogP contribution < -0.4 is 4.74 Å². The Hall–Kier alpha value is -2.85. The van der Waals surface area contributed by atoms with E-state index in [0.717, 1.165) is 28.2 Å². The van der Waals surface area contributed by atoms with E-state index in [1.807, 2.05) is 60.7 Å². The standard InChI is InChI=1S/C20H15NO3.ClH/c22-13-23-20(14-9-11-21-12-10-14)19-15-5-1-3-7-17(15)24-18-8-4-2-6-16(18)19;/h1-13,19-20H;1H. The van der Waals surface area contributed by atoms with Crippen LogP contribution in [0.4, 0.5) is 0 Å². The molecule has 0 N–H and O–H groups in total. The number of fused-ring (bicyclic) bond motifs is 2. The number of aromatic nitrogens is 1. The Morgan fingerprint density at radius 3 is 2.04 bits per heavy atom. The molecule has 2 aromatic carbocycles. The van der Waals surface area contributed by atoms with Crippen molar-refractivity contribution in [3.63, 3.8) is 0 Å². The van der Waals surface area contributed by atoms with Crippen LogP contribution in [0.25, 0.3) is 0 Å². The van der Waals surface area contributed by atoms with Gasteiger partial charge in [-0.2, -0.15) is 0 Å². The van der Waals surface area contributed by atoms with E-state index in [0.29, 0.717) is 6.47 Å². The quantitative estimate of drug-likeness (QED) is 0.640. The highest BCUT2D eigenvalue weighted by Crippen LogP contribution is 2.50. The molecule has 0 radical (unpaired) electrons. The Morgan fingerprint density at radius 2 is 1.48 bits per heavy atom. The van der Waals surface area contributed by atoms with E-state index in [-0.39, 0.29) is 18.3 Å². The van der Waals surface area contributed by atoms with Crippen LogP contribution >= 0.6 is 12.4 Å². The minimum absolute atomic E-state index is 0. The highest BCUT2D eigenvalue weighted by Gasteiger charge is 2.35. The SMILES string of the molecule is Cl.O=COC(c1ccncc1)C1c2ccccc2Oc2ccccc21. The van der Waals surface area contributed by atoms with Gasteiger partial charge in [0.05, 0.1) is 5.92 Å². The third-order valence-electron chi connectivity index (χ3n) is 4.27. The van der Waals surface area contributed by atoms with E-state index < -0.39 is 6.10 Å². The molecule has 1 atom stereocenters. The minimum atomic E-state index is -0.448. The monoisotopic (exact) mass is 353 g/mol. The molecule has 0 bridgehead atoms. The van der Waals surface area contributed by atoms with Crippen molar-refractivity contribution in [2.45, 2.75) is 12.0 Å².